The topological polar surface area (TPSA) is 65.4 Å². The van der Waals surface area contributed by atoms with E-state index in [1.54, 1.807) is 12.0 Å². The van der Waals surface area contributed by atoms with Gasteiger partial charge < -0.3 is 9.64 Å². The third-order valence-corrected chi connectivity index (χ3v) is 3.64. The number of likely N-dealkylation sites (N-methyl/N-ethyl adjacent to an activating group) is 1. The smallest absolute Gasteiger partial charge is 0.323 e. The maximum Gasteiger partial charge on any atom is 0.323 e. The van der Waals surface area contributed by atoms with Gasteiger partial charge in [-0.15, -0.1) is 0 Å². The van der Waals surface area contributed by atoms with Gasteiger partial charge in [0.1, 0.15) is 17.1 Å². The first-order valence-electron chi connectivity index (χ1n) is 6.32. The lowest BCUT2D eigenvalue weighted by atomic mass is 9.91. The van der Waals surface area contributed by atoms with Crippen LogP contribution in [0, 0.1) is 5.41 Å². The van der Waals surface area contributed by atoms with E-state index in [2.05, 4.69) is 5.32 Å². The third kappa shape index (κ3) is 2.28. The van der Waals surface area contributed by atoms with Crippen LogP contribution < -0.4 is 10.1 Å². The lowest BCUT2D eigenvalue weighted by Gasteiger charge is -2.32. The number of carbonyl (C=O) groups is 1. The second-order valence-electron chi connectivity index (χ2n) is 4.85. The Kier molecular flexibility index (Phi) is 3.46. The number of nitrogens with zero attached hydrogens (tertiary/aromatic N) is 1. The minimum Gasteiger partial charge on any atom is -0.497 e. The van der Waals surface area contributed by atoms with E-state index >= 15 is 0 Å². The van der Waals surface area contributed by atoms with Crippen LogP contribution in [0.15, 0.2) is 24.3 Å². The number of nitrogens with one attached hydrogen (secondary N) is 2. The highest BCUT2D eigenvalue weighted by atomic mass is 16.5. The molecule has 0 radical (unpaired) electrons. The maximum absolute atomic E-state index is 11.8. The fraction of sp³-hybridized carbons (Fsp3) is 0.429. The highest BCUT2D eigenvalue weighted by molar-refractivity contribution is 6.08. The molecule has 0 aliphatic carbocycles. The number of ether oxygens (including phenoxy) is 1. The molecule has 19 heavy (non-hydrogen) atoms. The number of amidine groups is 1. The monoisotopic (exact) mass is 261 g/mol. The van der Waals surface area contributed by atoms with E-state index < -0.39 is 5.54 Å². The van der Waals surface area contributed by atoms with Gasteiger partial charge in [-0.1, -0.05) is 12.1 Å². The van der Waals surface area contributed by atoms with Crippen molar-refractivity contribution in [1.82, 2.24) is 10.2 Å². The van der Waals surface area contributed by atoms with E-state index in [0.717, 1.165) is 11.3 Å². The summed E-state index contributed by atoms with van der Waals surface area (Å²) in [5, 5.41) is 10.6. The Labute approximate surface area is 113 Å². The van der Waals surface area contributed by atoms with E-state index in [9.17, 15) is 4.79 Å². The minimum atomic E-state index is -0.597. The van der Waals surface area contributed by atoms with E-state index in [0.29, 0.717) is 13.0 Å². The standard InChI is InChI=1S/C14H19N3O2/c1-4-17-13(18)16-12(15)14(17,2)9-10-5-7-11(19-3)8-6-10/h5-8H,4,9H2,1-3H3,(H2,15,16,18). The molecule has 0 aromatic heterocycles. The highest BCUT2D eigenvalue weighted by Gasteiger charge is 2.45. The molecular formula is C14H19N3O2. The average Bonchev–Trinajstić information content (AvgIpc) is 2.60. The third-order valence-electron chi connectivity index (χ3n) is 3.64. The molecule has 0 bridgehead atoms. The van der Waals surface area contributed by atoms with Gasteiger partial charge in [-0.05, 0) is 31.5 Å². The molecule has 5 heteroatoms. The van der Waals surface area contributed by atoms with E-state index in [1.165, 1.54) is 0 Å². The molecule has 1 heterocycles. The number of urea groups is 1. The lowest BCUT2D eigenvalue weighted by Crippen LogP contribution is -2.48. The van der Waals surface area contributed by atoms with Crippen LogP contribution in [0.3, 0.4) is 0 Å². The first kappa shape index (κ1) is 13.4. The molecule has 1 aromatic rings. The van der Waals surface area contributed by atoms with Crippen LogP contribution in [0.4, 0.5) is 4.79 Å². The van der Waals surface area contributed by atoms with Crippen LogP contribution in [-0.2, 0) is 6.42 Å². The van der Waals surface area contributed by atoms with E-state index in [-0.39, 0.29) is 11.9 Å². The van der Waals surface area contributed by atoms with Crippen molar-refractivity contribution in [2.75, 3.05) is 13.7 Å². The molecule has 2 N–H and O–H groups in total. The number of carbonyl (C=O) groups excluding carboxylic acids is 1. The van der Waals surface area contributed by atoms with Crippen molar-refractivity contribution in [3.63, 3.8) is 0 Å². The van der Waals surface area contributed by atoms with Crippen molar-refractivity contribution in [2.24, 2.45) is 0 Å². The normalized spacial score (nSPS) is 22.6. The largest absolute Gasteiger partial charge is 0.497 e. The zero-order valence-corrected chi connectivity index (χ0v) is 11.5. The summed E-state index contributed by atoms with van der Waals surface area (Å²) in [5.74, 6) is 1.06. The Morgan fingerprint density at radius 2 is 2.00 bits per heavy atom. The molecule has 1 aliphatic rings. The highest BCUT2D eigenvalue weighted by Crippen LogP contribution is 2.26. The number of methoxy groups -OCH3 is 1. The number of hydrogen-bond acceptors (Lipinski definition) is 3. The fourth-order valence-electron chi connectivity index (χ4n) is 2.49. The number of rotatable bonds is 4. The van der Waals surface area contributed by atoms with Gasteiger partial charge in [0.25, 0.3) is 0 Å². The molecule has 1 unspecified atom stereocenters. The molecule has 2 amide bonds. The van der Waals surface area contributed by atoms with Crippen LogP contribution in [0.25, 0.3) is 0 Å². The van der Waals surface area contributed by atoms with Crippen molar-refractivity contribution in [1.29, 1.82) is 5.41 Å². The van der Waals surface area contributed by atoms with Crippen molar-refractivity contribution < 1.29 is 9.53 Å². The molecule has 1 fully saturated rings. The molecule has 1 atom stereocenters. The van der Waals surface area contributed by atoms with Crippen LogP contribution >= 0.6 is 0 Å². The van der Waals surface area contributed by atoms with Crippen LogP contribution in [0.5, 0.6) is 5.75 Å². The molecule has 102 valence electrons. The molecule has 0 saturated carbocycles. The predicted molar refractivity (Wildman–Crippen MR) is 73.7 cm³/mol. The van der Waals surface area contributed by atoms with Gasteiger partial charge >= 0.3 is 6.03 Å². The molecule has 0 spiro atoms. The van der Waals surface area contributed by atoms with Gasteiger partial charge in [-0.3, -0.25) is 10.7 Å². The molecule has 1 aromatic carbocycles. The molecule has 1 aliphatic heterocycles. The number of amides is 2. The van der Waals surface area contributed by atoms with Crippen molar-refractivity contribution >= 4 is 11.9 Å². The van der Waals surface area contributed by atoms with Gasteiger partial charge in [-0.2, -0.15) is 0 Å². The SMILES string of the molecule is CCN1C(=O)NC(=N)C1(C)Cc1ccc(OC)cc1. The van der Waals surface area contributed by atoms with E-state index in [4.69, 9.17) is 10.1 Å². The zero-order valence-electron chi connectivity index (χ0n) is 11.5. The summed E-state index contributed by atoms with van der Waals surface area (Å²) >= 11 is 0. The van der Waals surface area contributed by atoms with E-state index in [1.807, 2.05) is 38.1 Å². The summed E-state index contributed by atoms with van der Waals surface area (Å²) in [5.41, 5.74) is 0.475. The Morgan fingerprint density at radius 3 is 2.53 bits per heavy atom. The van der Waals surface area contributed by atoms with Crippen molar-refractivity contribution in [3.8, 4) is 5.75 Å². The van der Waals surface area contributed by atoms with Gasteiger partial charge in [0.05, 0.1) is 7.11 Å². The minimum absolute atomic E-state index is 0.191. The van der Waals surface area contributed by atoms with Gasteiger partial charge in [0.2, 0.25) is 0 Å². The maximum atomic E-state index is 11.8. The van der Waals surface area contributed by atoms with Crippen molar-refractivity contribution in [2.45, 2.75) is 25.8 Å². The molecule has 5 nitrogen and oxygen atoms in total. The van der Waals surface area contributed by atoms with Gasteiger partial charge in [0.15, 0.2) is 0 Å². The van der Waals surface area contributed by atoms with Gasteiger partial charge in [0, 0.05) is 13.0 Å². The molecule has 2 rings (SSSR count). The van der Waals surface area contributed by atoms with Crippen LogP contribution in [-0.4, -0.2) is 36.0 Å². The second kappa shape index (κ2) is 4.91. The number of benzene rings is 1. The van der Waals surface area contributed by atoms with Crippen LogP contribution in [0.2, 0.25) is 0 Å². The predicted octanol–water partition coefficient (Wildman–Crippen LogP) is 2.02. The quantitative estimate of drug-likeness (QED) is 0.870. The number of hydrogen-bond donors (Lipinski definition) is 2. The Morgan fingerprint density at radius 1 is 1.37 bits per heavy atom. The summed E-state index contributed by atoms with van der Waals surface area (Å²) in [6.45, 7) is 4.42. The fourth-order valence-corrected chi connectivity index (χ4v) is 2.49. The summed E-state index contributed by atoms with van der Waals surface area (Å²) in [4.78, 5) is 13.5. The average molecular weight is 261 g/mol. The molecule has 1 saturated heterocycles. The van der Waals surface area contributed by atoms with Crippen LogP contribution in [0.1, 0.15) is 19.4 Å². The summed E-state index contributed by atoms with van der Waals surface area (Å²) in [7, 11) is 1.63. The summed E-state index contributed by atoms with van der Waals surface area (Å²) < 4.78 is 5.13. The summed E-state index contributed by atoms with van der Waals surface area (Å²) in [6.07, 6.45) is 0.613. The lowest BCUT2D eigenvalue weighted by molar-refractivity contribution is 0.184. The Hall–Kier alpha value is -2.04. The van der Waals surface area contributed by atoms with Gasteiger partial charge in [-0.25, -0.2) is 4.79 Å². The van der Waals surface area contributed by atoms with Crippen molar-refractivity contribution in [3.05, 3.63) is 29.8 Å². The second-order valence-corrected chi connectivity index (χ2v) is 4.85. The Balaban J connectivity index is 2.24. The first-order valence-corrected chi connectivity index (χ1v) is 6.32. The Bertz CT molecular complexity index is 498. The zero-order chi connectivity index (χ0) is 14.0. The summed E-state index contributed by atoms with van der Waals surface area (Å²) in [6, 6.07) is 7.52. The molecular weight excluding hydrogens is 242 g/mol. The first-order chi connectivity index (χ1) is 9.01.